The van der Waals surface area contributed by atoms with Crippen LogP contribution in [0.1, 0.15) is 31.0 Å². The van der Waals surface area contributed by atoms with Gasteiger partial charge in [0.15, 0.2) is 9.84 Å². The van der Waals surface area contributed by atoms with E-state index in [-0.39, 0.29) is 16.5 Å². The number of aliphatic imine (C=N–C) groups is 2. The predicted octanol–water partition coefficient (Wildman–Crippen LogP) is 3.98. The van der Waals surface area contributed by atoms with E-state index in [0.29, 0.717) is 23.6 Å². The van der Waals surface area contributed by atoms with E-state index < -0.39 is 9.84 Å². The summed E-state index contributed by atoms with van der Waals surface area (Å²) >= 11 is 6.41. The molecule has 0 unspecified atom stereocenters. The van der Waals surface area contributed by atoms with Crippen molar-refractivity contribution in [2.45, 2.75) is 25.5 Å². The molecule has 4 rings (SSSR count). The fourth-order valence-electron chi connectivity index (χ4n) is 3.34. The van der Waals surface area contributed by atoms with Crippen LogP contribution in [0.4, 0.5) is 5.69 Å². The Bertz CT molecular complexity index is 1100. The van der Waals surface area contributed by atoms with E-state index in [0.717, 1.165) is 36.6 Å². The van der Waals surface area contributed by atoms with E-state index in [9.17, 15) is 8.42 Å². The zero-order chi connectivity index (χ0) is 20.4. The van der Waals surface area contributed by atoms with Crippen molar-refractivity contribution in [1.82, 2.24) is 9.88 Å². The van der Waals surface area contributed by atoms with Crippen LogP contribution in [0.3, 0.4) is 0 Å². The molecule has 0 aliphatic carbocycles. The van der Waals surface area contributed by atoms with Crippen LogP contribution in [0.25, 0.3) is 0 Å². The van der Waals surface area contributed by atoms with E-state index in [1.807, 2.05) is 30.3 Å². The molecule has 152 valence electrons. The topological polar surface area (TPSA) is 84.2 Å². The van der Waals surface area contributed by atoms with E-state index >= 15 is 0 Å². The summed E-state index contributed by atoms with van der Waals surface area (Å²) in [6, 6.07) is 7.18. The van der Waals surface area contributed by atoms with Crippen LogP contribution in [0.15, 0.2) is 40.4 Å². The molecule has 0 saturated carbocycles. The second-order valence-electron chi connectivity index (χ2n) is 6.94. The largest absolute Gasteiger partial charge is 0.456 e. The number of halogens is 1. The zero-order valence-electron chi connectivity index (χ0n) is 16.0. The molecule has 3 heterocycles. The third-order valence-electron chi connectivity index (χ3n) is 4.66. The molecule has 2 aromatic rings. The van der Waals surface area contributed by atoms with Gasteiger partial charge in [-0.3, -0.25) is 9.98 Å². The molecule has 0 fully saturated rings. The highest BCUT2D eigenvalue weighted by molar-refractivity contribution is 7.90. The van der Waals surface area contributed by atoms with Gasteiger partial charge in [0.25, 0.3) is 0 Å². The molecular weight excluding hydrogens is 412 g/mol. The Kier molecular flexibility index (Phi) is 5.56. The van der Waals surface area contributed by atoms with E-state index in [1.54, 1.807) is 12.1 Å². The van der Waals surface area contributed by atoms with Gasteiger partial charge in [0.1, 0.15) is 22.4 Å². The lowest BCUT2D eigenvalue weighted by molar-refractivity contribution is 0.481. The zero-order valence-corrected chi connectivity index (χ0v) is 17.6. The lowest BCUT2D eigenvalue weighted by Crippen LogP contribution is -2.36. The monoisotopic (exact) mass is 432 g/mol. The molecule has 7 nitrogen and oxygen atoms in total. The fraction of sp³-hybridized carbons (Fsp3) is 0.350. The maximum absolute atomic E-state index is 12.1. The lowest BCUT2D eigenvalue weighted by atomic mass is 10.1. The summed E-state index contributed by atoms with van der Waals surface area (Å²) in [4.78, 5) is 15.3. The van der Waals surface area contributed by atoms with Gasteiger partial charge in [0, 0.05) is 30.9 Å². The van der Waals surface area contributed by atoms with Crippen LogP contribution in [0, 0.1) is 0 Å². The second kappa shape index (κ2) is 8.12. The van der Waals surface area contributed by atoms with Gasteiger partial charge in [-0.25, -0.2) is 13.4 Å². The van der Waals surface area contributed by atoms with Crippen molar-refractivity contribution < 1.29 is 13.2 Å². The number of pyridine rings is 1. The fourth-order valence-corrected chi connectivity index (χ4v) is 5.04. The highest BCUT2D eigenvalue weighted by atomic mass is 35.5. The van der Waals surface area contributed by atoms with Crippen LogP contribution in [0.5, 0.6) is 11.5 Å². The molecule has 1 aromatic carbocycles. The number of ether oxygens (including phenoxy) is 1. The maximum atomic E-state index is 12.1. The van der Waals surface area contributed by atoms with Crippen LogP contribution < -0.4 is 4.74 Å². The van der Waals surface area contributed by atoms with Gasteiger partial charge in [0.05, 0.1) is 29.2 Å². The van der Waals surface area contributed by atoms with Crippen molar-refractivity contribution in [1.29, 1.82) is 0 Å². The first-order valence-electron chi connectivity index (χ1n) is 9.48. The number of fused-ring (bicyclic) bond motifs is 3. The molecule has 0 saturated heterocycles. The molecule has 2 aliphatic rings. The van der Waals surface area contributed by atoms with Crippen LogP contribution in [-0.4, -0.2) is 49.3 Å². The molecule has 9 heteroatoms. The molecule has 0 radical (unpaired) electrons. The van der Waals surface area contributed by atoms with Gasteiger partial charge in [-0.15, -0.1) is 0 Å². The van der Waals surface area contributed by atoms with Gasteiger partial charge in [0.2, 0.25) is 0 Å². The number of hydrogen-bond donors (Lipinski definition) is 0. The Balaban J connectivity index is 1.62. The molecule has 0 bridgehead atoms. The normalized spacial score (nSPS) is 15.5. The van der Waals surface area contributed by atoms with E-state index in [4.69, 9.17) is 16.3 Å². The first-order chi connectivity index (χ1) is 14.0. The van der Waals surface area contributed by atoms with Crippen molar-refractivity contribution >= 4 is 39.3 Å². The number of nitrogens with zero attached hydrogens (tertiary/aromatic N) is 4. The minimum absolute atomic E-state index is 0.0973. The minimum Gasteiger partial charge on any atom is -0.456 e. The Morgan fingerprint density at radius 1 is 1.28 bits per heavy atom. The first-order valence-corrected chi connectivity index (χ1v) is 11.7. The first kappa shape index (κ1) is 19.8. The van der Waals surface area contributed by atoms with Crippen LogP contribution in [0.2, 0.25) is 5.02 Å². The summed E-state index contributed by atoms with van der Waals surface area (Å²) < 4.78 is 30.3. The minimum atomic E-state index is -3.26. The number of aromatic nitrogens is 1. The molecule has 2 aliphatic heterocycles. The summed E-state index contributed by atoms with van der Waals surface area (Å²) in [5.74, 6) is 1.72. The highest BCUT2D eigenvalue weighted by Gasteiger charge is 2.23. The van der Waals surface area contributed by atoms with Gasteiger partial charge in [-0.2, -0.15) is 0 Å². The highest BCUT2D eigenvalue weighted by Crippen LogP contribution is 2.35. The average Bonchev–Trinajstić information content (AvgIpc) is 2.70. The number of hydrogen-bond acceptors (Lipinski definition) is 7. The van der Waals surface area contributed by atoms with Gasteiger partial charge in [-0.1, -0.05) is 18.5 Å². The number of rotatable bonds is 6. The summed E-state index contributed by atoms with van der Waals surface area (Å²) in [6.07, 6.45) is 4.86. The lowest BCUT2D eigenvalue weighted by Gasteiger charge is -2.29. The molecular formula is C20H21ClN4O3S. The number of benzene rings is 1. The molecule has 0 atom stereocenters. The van der Waals surface area contributed by atoms with Crippen molar-refractivity contribution in [2.75, 3.05) is 18.8 Å². The average molecular weight is 433 g/mol. The maximum Gasteiger partial charge on any atom is 0.156 e. The molecule has 1 aromatic heterocycles. The third kappa shape index (κ3) is 4.28. The third-order valence-corrected chi connectivity index (χ3v) is 6.81. The molecule has 0 N–H and O–H groups in total. The number of amidine groups is 1. The van der Waals surface area contributed by atoms with Crippen molar-refractivity contribution in [3.05, 3.63) is 46.7 Å². The quantitative estimate of drug-likeness (QED) is 0.689. The summed E-state index contributed by atoms with van der Waals surface area (Å²) in [7, 11) is -3.26. The van der Waals surface area contributed by atoms with Crippen LogP contribution >= 0.6 is 11.6 Å². The van der Waals surface area contributed by atoms with Crippen molar-refractivity contribution in [3.63, 3.8) is 0 Å². The Morgan fingerprint density at radius 2 is 2.14 bits per heavy atom. The second-order valence-corrected chi connectivity index (χ2v) is 9.50. The Labute approximate surface area is 175 Å². The predicted molar refractivity (Wildman–Crippen MR) is 114 cm³/mol. The van der Waals surface area contributed by atoms with Gasteiger partial charge >= 0.3 is 0 Å². The molecule has 0 amide bonds. The Morgan fingerprint density at radius 3 is 2.97 bits per heavy atom. The SMILES string of the molecule is CCCS(=O)(=O)Cc1nccc(Oc2ccc3c(c2)C2=NCCCN2C=N3)c1Cl. The van der Waals surface area contributed by atoms with E-state index in [2.05, 4.69) is 15.0 Å². The molecule has 0 spiro atoms. The summed E-state index contributed by atoms with van der Waals surface area (Å²) in [5.41, 5.74) is 2.03. The summed E-state index contributed by atoms with van der Waals surface area (Å²) in [6.45, 7) is 3.50. The number of sulfone groups is 1. The molecule has 29 heavy (non-hydrogen) atoms. The van der Waals surface area contributed by atoms with Crippen molar-refractivity contribution in [3.8, 4) is 11.5 Å². The Hall–Kier alpha value is -2.45. The standard InChI is InChI=1S/C20H21ClN4O3S/c1-2-10-29(26,27)12-17-19(21)18(6-8-22-17)28-14-4-5-16-15(11-14)20-23-7-3-9-25(20)13-24-16/h4-6,8,11,13H,2-3,7,9-10,12H2,1H3. The van der Waals surface area contributed by atoms with Crippen LogP contribution in [-0.2, 0) is 15.6 Å². The van der Waals surface area contributed by atoms with Crippen molar-refractivity contribution in [2.24, 2.45) is 9.98 Å². The smallest absolute Gasteiger partial charge is 0.156 e. The van der Waals surface area contributed by atoms with Gasteiger partial charge in [-0.05, 0) is 31.0 Å². The van der Waals surface area contributed by atoms with Gasteiger partial charge < -0.3 is 9.64 Å². The van der Waals surface area contributed by atoms with E-state index in [1.165, 1.54) is 6.20 Å². The summed E-state index contributed by atoms with van der Waals surface area (Å²) in [5, 5.41) is 0.208.